The summed E-state index contributed by atoms with van der Waals surface area (Å²) in [7, 11) is 2.21. The van der Waals surface area contributed by atoms with Crippen molar-refractivity contribution in [3.8, 4) is 16.9 Å². The summed E-state index contributed by atoms with van der Waals surface area (Å²) in [5.41, 5.74) is 13.0. The molecule has 0 saturated heterocycles. The third-order valence-corrected chi connectivity index (χ3v) is 9.00. The fourth-order valence-electron chi connectivity index (χ4n) is 7.47. The summed E-state index contributed by atoms with van der Waals surface area (Å²) in [4.78, 5) is 0. The average Bonchev–Trinajstić information content (AvgIpc) is 3.60. The van der Waals surface area contributed by atoms with Crippen molar-refractivity contribution < 1.29 is 0 Å². The molecule has 4 heterocycles. The second-order valence-electron chi connectivity index (χ2n) is 11.1. The lowest BCUT2D eigenvalue weighted by Gasteiger charge is -2.22. The molecule has 9 rings (SSSR count). The van der Waals surface area contributed by atoms with Crippen molar-refractivity contribution in [2.45, 2.75) is 19.3 Å². The van der Waals surface area contributed by atoms with Crippen molar-refractivity contribution in [2.75, 3.05) is 0 Å². The van der Waals surface area contributed by atoms with Crippen molar-refractivity contribution in [1.29, 1.82) is 0 Å². The van der Waals surface area contributed by atoms with Gasteiger partial charge in [0.25, 0.3) is 0 Å². The van der Waals surface area contributed by atoms with Gasteiger partial charge in [-0.2, -0.15) is 0 Å². The van der Waals surface area contributed by atoms with Gasteiger partial charge in [0.15, 0.2) is 0 Å². The van der Waals surface area contributed by atoms with Crippen LogP contribution in [0.5, 0.6) is 0 Å². The average molecular weight is 476 g/mol. The van der Waals surface area contributed by atoms with E-state index in [2.05, 4.69) is 132 Å². The zero-order valence-corrected chi connectivity index (χ0v) is 21.1. The predicted octanol–water partition coefficient (Wildman–Crippen LogP) is 8.43. The van der Waals surface area contributed by atoms with E-state index in [1.54, 1.807) is 0 Å². The quantitative estimate of drug-likeness (QED) is 0.226. The van der Waals surface area contributed by atoms with E-state index in [-0.39, 0.29) is 5.41 Å². The molecule has 0 unspecified atom stereocenters. The minimum absolute atomic E-state index is 0.116. The van der Waals surface area contributed by atoms with Gasteiger partial charge in [-0.3, -0.25) is 0 Å². The maximum atomic E-state index is 2.59. The van der Waals surface area contributed by atoms with E-state index < -0.39 is 0 Å². The van der Waals surface area contributed by atoms with Crippen LogP contribution in [0.25, 0.3) is 66.1 Å². The van der Waals surface area contributed by atoms with Gasteiger partial charge in [0, 0.05) is 51.6 Å². The van der Waals surface area contributed by atoms with E-state index in [9.17, 15) is 0 Å². The number of fused-ring (bicyclic) bond motifs is 8. The molecule has 37 heavy (non-hydrogen) atoms. The van der Waals surface area contributed by atoms with E-state index in [4.69, 9.17) is 0 Å². The monoisotopic (exact) mass is 475 g/mol. The molecule has 0 atom stereocenters. The van der Waals surface area contributed by atoms with E-state index in [0.717, 1.165) is 0 Å². The van der Waals surface area contributed by atoms with E-state index in [1.165, 1.54) is 77.2 Å². The van der Waals surface area contributed by atoms with Gasteiger partial charge in [-0.1, -0.05) is 68.4 Å². The first kappa shape index (κ1) is 19.7. The maximum absolute atomic E-state index is 2.59. The number of aromatic nitrogens is 3. The van der Waals surface area contributed by atoms with Gasteiger partial charge in [0.05, 0.1) is 27.8 Å². The number of rotatable bonds is 1. The molecule has 0 spiro atoms. The van der Waals surface area contributed by atoms with Crippen molar-refractivity contribution in [1.82, 2.24) is 13.5 Å². The Labute approximate surface area is 214 Å². The molecule has 3 nitrogen and oxygen atoms in total. The molecule has 4 aromatic heterocycles. The van der Waals surface area contributed by atoms with E-state index in [0.29, 0.717) is 0 Å². The molecule has 0 aliphatic heterocycles. The fraction of sp³-hybridized carbons (Fsp3) is 0.118. The smallest absolute Gasteiger partial charge is 0.0792 e. The highest BCUT2D eigenvalue weighted by Gasteiger charge is 2.39. The molecule has 4 aromatic carbocycles. The second-order valence-corrected chi connectivity index (χ2v) is 11.1. The fourth-order valence-corrected chi connectivity index (χ4v) is 7.47. The Balaban J connectivity index is 1.67. The summed E-state index contributed by atoms with van der Waals surface area (Å²) >= 11 is 0. The number of hydrogen-bond donors (Lipinski definition) is 0. The highest BCUT2D eigenvalue weighted by molar-refractivity contribution is 6.30. The van der Waals surface area contributed by atoms with Crippen molar-refractivity contribution in [3.05, 3.63) is 108 Å². The molecule has 0 fully saturated rings. The molecule has 1 aliphatic carbocycles. The van der Waals surface area contributed by atoms with E-state index in [1.807, 2.05) is 0 Å². The lowest BCUT2D eigenvalue weighted by Crippen LogP contribution is -2.15. The zero-order chi connectivity index (χ0) is 24.6. The van der Waals surface area contributed by atoms with Gasteiger partial charge >= 0.3 is 0 Å². The van der Waals surface area contributed by atoms with Crippen molar-refractivity contribution in [2.24, 2.45) is 7.05 Å². The Morgan fingerprint density at radius 1 is 0.622 bits per heavy atom. The lowest BCUT2D eigenvalue weighted by molar-refractivity contribution is 0.665. The maximum Gasteiger partial charge on any atom is 0.0792 e. The number of aryl methyl sites for hydroxylation is 1. The highest BCUT2D eigenvalue weighted by Crippen LogP contribution is 2.54. The molecule has 0 saturated carbocycles. The number of benzene rings is 4. The summed E-state index contributed by atoms with van der Waals surface area (Å²) in [6.45, 7) is 4.80. The Hall–Kier alpha value is -4.50. The first-order valence-corrected chi connectivity index (χ1v) is 13.0. The molecule has 8 aromatic rings. The SMILES string of the molecule is Cn1c2cccc3c4c(n5c6ccn(-c7ccccc7)c6c6ccc1c(c32)c65)-c1ccccc1C4(C)C. The summed E-state index contributed by atoms with van der Waals surface area (Å²) in [5, 5.41) is 5.41. The number of hydrogen-bond acceptors (Lipinski definition) is 0. The van der Waals surface area contributed by atoms with Crippen molar-refractivity contribution in [3.63, 3.8) is 0 Å². The predicted molar refractivity (Wildman–Crippen MR) is 154 cm³/mol. The van der Waals surface area contributed by atoms with Crippen molar-refractivity contribution >= 4 is 49.1 Å². The molecule has 0 bridgehead atoms. The number of para-hydroxylation sites is 1. The van der Waals surface area contributed by atoms with Gasteiger partial charge in [0.2, 0.25) is 0 Å². The minimum Gasteiger partial charge on any atom is -0.344 e. The minimum atomic E-state index is -0.116. The van der Waals surface area contributed by atoms with Gasteiger partial charge < -0.3 is 13.5 Å². The number of nitrogens with zero attached hydrogens (tertiary/aromatic N) is 3. The molecular formula is C34H25N3. The molecule has 0 N–H and O–H groups in total. The van der Waals surface area contributed by atoms with Crippen LogP contribution in [0.2, 0.25) is 0 Å². The molecule has 1 aliphatic rings. The first-order chi connectivity index (χ1) is 18.1. The van der Waals surface area contributed by atoms with Crippen LogP contribution in [0.4, 0.5) is 0 Å². The second kappa shape index (κ2) is 6.24. The van der Waals surface area contributed by atoms with Gasteiger partial charge in [0.1, 0.15) is 0 Å². The molecule has 176 valence electrons. The van der Waals surface area contributed by atoms with Gasteiger partial charge in [-0.15, -0.1) is 0 Å². The standard InChI is InChI=1S/C34H25N3/c1-34(2)24-14-8-7-12-21(24)33-30(34)22-13-9-15-25-28(22)29-26(35(25)3)17-16-23-31-27(37(33)32(23)29)18-19-36(31)20-10-5-4-6-11-20/h4-19H,1-3H3. The van der Waals surface area contributed by atoms with Gasteiger partial charge in [-0.25, -0.2) is 0 Å². The van der Waals surface area contributed by atoms with Crippen LogP contribution in [0.15, 0.2) is 97.2 Å². The third kappa shape index (κ3) is 2.09. The lowest BCUT2D eigenvalue weighted by atomic mass is 9.81. The van der Waals surface area contributed by atoms with Gasteiger partial charge in [-0.05, 0) is 52.9 Å². The first-order valence-electron chi connectivity index (χ1n) is 13.0. The summed E-state index contributed by atoms with van der Waals surface area (Å²) in [6.07, 6.45) is 2.23. The van der Waals surface area contributed by atoms with Crippen LogP contribution in [-0.2, 0) is 12.5 Å². The van der Waals surface area contributed by atoms with E-state index >= 15 is 0 Å². The molecular weight excluding hydrogens is 450 g/mol. The summed E-state index contributed by atoms with van der Waals surface area (Å²) in [6, 6.07) is 33.6. The summed E-state index contributed by atoms with van der Waals surface area (Å²) < 4.78 is 7.33. The van der Waals surface area contributed by atoms with Crippen LogP contribution in [-0.4, -0.2) is 13.5 Å². The van der Waals surface area contributed by atoms with Crippen LogP contribution < -0.4 is 0 Å². The van der Waals surface area contributed by atoms with Crippen LogP contribution >= 0.6 is 0 Å². The zero-order valence-electron chi connectivity index (χ0n) is 21.1. The normalized spacial score (nSPS) is 14.6. The molecule has 0 radical (unpaired) electrons. The topological polar surface area (TPSA) is 14.3 Å². The summed E-state index contributed by atoms with van der Waals surface area (Å²) in [5.74, 6) is 0. The third-order valence-electron chi connectivity index (χ3n) is 9.00. The highest BCUT2D eigenvalue weighted by atomic mass is 15.0. The molecule has 3 heteroatoms. The Bertz CT molecular complexity index is 2220. The van der Waals surface area contributed by atoms with Crippen LogP contribution in [0.3, 0.4) is 0 Å². The Morgan fingerprint density at radius 2 is 1.41 bits per heavy atom. The largest absolute Gasteiger partial charge is 0.344 e. The Morgan fingerprint density at radius 3 is 2.27 bits per heavy atom. The van der Waals surface area contributed by atoms with Crippen LogP contribution in [0.1, 0.15) is 25.0 Å². The van der Waals surface area contributed by atoms with Crippen LogP contribution in [0, 0.1) is 0 Å². The Kier molecular flexibility index (Phi) is 3.32. The molecule has 0 amide bonds.